The molecular formula is C92H120N8Na4O36P4. The van der Waals surface area contributed by atoms with Crippen molar-refractivity contribution in [1.29, 1.82) is 0 Å². The second-order valence-electron chi connectivity index (χ2n) is 39.4. The predicted molar refractivity (Wildman–Crippen MR) is 494 cm³/mol. The fourth-order valence-corrected chi connectivity index (χ4v) is 20.8. The van der Waals surface area contributed by atoms with E-state index in [9.17, 15) is 96.6 Å². The van der Waals surface area contributed by atoms with Crippen molar-refractivity contribution in [3.8, 4) is 23.0 Å². The number of ether oxygens (including phenoxy) is 8. The molecular weight excluding hydrogens is 2010 g/mol. The number of aromatic amines is 4. The first-order valence-corrected chi connectivity index (χ1v) is 51.4. The zero-order chi connectivity index (χ0) is 102. The Bertz CT molecular complexity index is 5770. The quantitative estimate of drug-likeness (QED) is 0.0103. The summed E-state index contributed by atoms with van der Waals surface area (Å²) in [5.41, 5.74) is -2.13. The summed E-state index contributed by atoms with van der Waals surface area (Å²) in [4.78, 5) is 167. The predicted octanol–water partition coefficient (Wildman–Crippen LogP) is -6.88. The van der Waals surface area contributed by atoms with Crippen LogP contribution < -0.4 is 202 Å². The number of rotatable bonds is 36. The standard InChI is InChI=1S/C92H124N8O36P4.4Na/c1-49-41-97(85(109)93-81(49)105)73-37-65(69(45-101)129-73)133-137(113,114)125-21-17-121-77-53-25-55-31-62(90(8,9)10)33-57(78(55)122-18-22-126-138(115,116)134-66-38-74(130-70(66)46-102)98-42-50(2)82(106)94-86(98)110)27-59-35-64(92(14,15)16)36-60(80(59)124-20-24-128-140(119,120)136-68-40-76(132-72(68)48-104)100-44-52(4)84(108)96-88(100)112)28-58-34-63(91(11,12)13)32-56(26-54(77)30-61(29-53)89(5,6)7)79(58)123-19-23-127-139(117,118)135-67-39-75(131-71(67)47-103)99-43-51(3)83(107)95-87(99)111;;;;/h29-36,41-44,65-76,101-104H,17-28,37-40,45-48H2,1-16H3,(H,113,114)(H,115,116)(H,117,118)(H,119,120)(H,93,105,109)(H,94,106,110)(H,95,107,111)(H,96,108,112);;;;/q;4*+1/p-4/t65-,66-,67-,68-,69+,70+,71+,72+,73+,74+,75+,76+;;;;/m0..../s1. The summed E-state index contributed by atoms with van der Waals surface area (Å²) < 4.78 is 157. The molecule has 0 amide bonds. The van der Waals surface area contributed by atoms with Gasteiger partial charge in [-0.1, -0.05) is 132 Å². The van der Waals surface area contributed by atoms with Crippen LogP contribution in [0.1, 0.15) is 223 Å². The van der Waals surface area contributed by atoms with Crippen molar-refractivity contribution in [2.45, 2.75) is 258 Å². The van der Waals surface area contributed by atoms with Crippen molar-refractivity contribution in [1.82, 2.24) is 38.2 Å². The summed E-state index contributed by atoms with van der Waals surface area (Å²) in [5.74, 6) is 0.628. The first kappa shape index (κ1) is 122. The Morgan fingerprint density at radius 1 is 0.312 bits per heavy atom. The molecule has 8 aromatic rings. The van der Waals surface area contributed by atoms with E-state index in [2.05, 4.69) is 19.9 Å². The maximum atomic E-state index is 14.2. The smallest absolute Gasteiger partial charge is 0.756 e. The fraction of sp³-hybridized carbons (Fsp3) is 0.565. The molecule has 8 bridgehead atoms. The molecule has 4 aromatic heterocycles. The second kappa shape index (κ2) is 50.2. The first-order valence-electron chi connectivity index (χ1n) is 45.6. The van der Waals surface area contributed by atoms with Crippen LogP contribution in [0.3, 0.4) is 0 Å². The summed E-state index contributed by atoms with van der Waals surface area (Å²) >= 11 is 0. The number of H-pyrrole nitrogens is 4. The molecule has 768 valence electrons. The molecule has 16 atom stereocenters. The van der Waals surface area contributed by atoms with E-state index in [1.807, 2.05) is 132 Å². The van der Waals surface area contributed by atoms with E-state index < -0.39 is 251 Å². The van der Waals surface area contributed by atoms with E-state index in [1.165, 1.54) is 52.5 Å². The van der Waals surface area contributed by atoms with Crippen LogP contribution in [-0.2, 0) is 121 Å². The molecule has 8 heterocycles. The Labute approximate surface area is 917 Å². The number of aliphatic hydroxyl groups is 4. The third-order valence-electron chi connectivity index (χ3n) is 24.6. The van der Waals surface area contributed by atoms with Gasteiger partial charge < -0.3 is 114 Å². The van der Waals surface area contributed by atoms with Gasteiger partial charge in [-0.25, -0.2) is 19.2 Å². The van der Waals surface area contributed by atoms with Gasteiger partial charge in [-0.15, -0.1) is 0 Å². The average molecular weight is 2130 g/mol. The van der Waals surface area contributed by atoms with E-state index in [0.29, 0.717) is 44.5 Å². The number of nitrogens with zero attached hydrogens (tertiary/aromatic N) is 4. The molecule has 4 saturated heterocycles. The number of fused-ring (bicyclic) bond motifs is 8. The Balaban J connectivity index is 0.00000578. The van der Waals surface area contributed by atoms with Crippen molar-refractivity contribution in [2.24, 2.45) is 0 Å². The number of benzene rings is 4. The SMILES string of the molecule is Cc1cn([C@H]2C[C@H](OP(=O)([O-])OCCOc3c4cc(C(C)(C)C)cc3Cc3cc(C(C)(C)C)cc(c3OCCOP(=O)([O-])O[C@H]3C[C@H](n5cc(C)c(=O)[nH]c5=O)O[C@@H]3CO)Cc3cc(C(C)(C)C)cc(c3OCCOP(=O)([O-])O[C@H]3C[C@H](n5cc(C)c(=O)[nH]c5=O)O[C@@H]3CO)Cc3cc(C(C)(C)C)cc(c3OCCOP(=O)([O-])O[C@H]3C[C@H](n5cc(C)c(=O)[nH]c5=O)O[C@@H]3CO)C4)[C@@H](CO)O2)c(=O)[nH]c1=O.[Na+].[Na+].[Na+].[Na+]. The van der Waals surface area contributed by atoms with Crippen LogP contribution in [0.4, 0.5) is 0 Å². The van der Waals surface area contributed by atoms with Crippen molar-refractivity contribution in [3.63, 3.8) is 0 Å². The van der Waals surface area contributed by atoms with Gasteiger partial charge in [0.15, 0.2) is 0 Å². The second-order valence-corrected chi connectivity index (χ2v) is 44.9. The molecule has 8 N–H and O–H groups in total. The first-order chi connectivity index (χ1) is 65.5. The van der Waals surface area contributed by atoms with Gasteiger partial charge in [0.25, 0.3) is 53.5 Å². The summed E-state index contributed by atoms with van der Waals surface area (Å²) in [6.07, 6.45) is -12.6. The maximum Gasteiger partial charge on any atom is 1.00 e. The number of phosphoric ester groups is 4. The molecule has 44 nitrogen and oxygen atoms in total. The minimum absolute atomic E-state index is 0. The molecule has 4 aliphatic heterocycles. The zero-order valence-electron chi connectivity index (χ0n) is 84.4. The monoisotopic (exact) mass is 2130 g/mol. The Morgan fingerprint density at radius 3 is 0.632 bits per heavy atom. The van der Waals surface area contributed by atoms with Gasteiger partial charge in [0.05, 0.1) is 77.3 Å². The molecule has 0 spiro atoms. The normalized spacial score (nSPS) is 22.4. The van der Waals surface area contributed by atoms with E-state index in [0.717, 1.165) is 40.5 Å². The van der Waals surface area contributed by atoms with Gasteiger partial charge in [-0.2, -0.15) is 0 Å². The van der Waals surface area contributed by atoms with Gasteiger partial charge in [-0.05, 0) is 116 Å². The van der Waals surface area contributed by atoms with Gasteiger partial charge in [0.1, 0.15) is 98.8 Å². The molecule has 4 unspecified atom stereocenters. The van der Waals surface area contributed by atoms with Gasteiger partial charge >= 0.3 is 141 Å². The molecule has 4 fully saturated rings. The van der Waals surface area contributed by atoms with Crippen molar-refractivity contribution in [2.75, 3.05) is 79.3 Å². The fourth-order valence-electron chi connectivity index (χ4n) is 17.1. The molecule has 5 aliphatic rings. The van der Waals surface area contributed by atoms with Crippen molar-refractivity contribution < 1.29 is 251 Å². The van der Waals surface area contributed by atoms with Crippen LogP contribution in [0.2, 0.25) is 0 Å². The Kier molecular flexibility index (Phi) is 42.7. The average Bonchev–Trinajstić information content (AvgIpc) is 1.07. The zero-order valence-corrected chi connectivity index (χ0v) is 96.0. The molecule has 4 aromatic carbocycles. The van der Waals surface area contributed by atoms with Crippen LogP contribution in [0.5, 0.6) is 23.0 Å². The number of aromatic nitrogens is 8. The van der Waals surface area contributed by atoms with E-state index >= 15 is 0 Å². The number of hydrogen-bond donors (Lipinski definition) is 8. The van der Waals surface area contributed by atoms with E-state index in [1.54, 1.807) is 0 Å². The van der Waals surface area contributed by atoms with Crippen LogP contribution in [0.15, 0.2) is 112 Å². The molecule has 144 heavy (non-hydrogen) atoms. The van der Waals surface area contributed by atoms with Crippen molar-refractivity contribution >= 4 is 31.3 Å². The summed E-state index contributed by atoms with van der Waals surface area (Å²) in [7, 11) is -21.7. The maximum absolute atomic E-state index is 14.2. The van der Waals surface area contributed by atoms with Gasteiger partial charge in [0, 0.05) is 98.4 Å². The Morgan fingerprint density at radius 2 is 0.479 bits per heavy atom. The van der Waals surface area contributed by atoms with Crippen LogP contribution in [0.25, 0.3) is 0 Å². The van der Waals surface area contributed by atoms with Gasteiger partial charge in [-0.3, -0.25) is 75.6 Å². The molecule has 0 saturated carbocycles. The summed E-state index contributed by atoms with van der Waals surface area (Å²) in [5, 5.41) is 41.9. The van der Waals surface area contributed by atoms with Gasteiger partial charge in [0.2, 0.25) is 0 Å². The molecule has 13 rings (SSSR count). The van der Waals surface area contributed by atoms with Crippen LogP contribution >= 0.6 is 31.3 Å². The number of hydrogen-bond acceptors (Lipinski definition) is 36. The van der Waals surface area contributed by atoms with E-state index in [-0.39, 0.29) is 215 Å². The summed E-state index contributed by atoms with van der Waals surface area (Å²) in [6.45, 7) is 21.3. The Hall–Kier alpha value is -5.08. The molecule has 52 heteroatoms. The van der Waals surface area contributed by atoms with E-state index in [4.69, 9.17) is 74.1 Å². The summed E-state index contributed by atoms with van der Waals surface area (Å²) in [6, 6.07) is 15.2. The topological polar surface area (TPSA) is 609 Å². The minimum atomic E-state index is -5.44. The van der Waals surface area contributed by atoms with Crippen LogP contribution in [-0.4, -0.2) is 187 Å². The molecule has 1 aliphatic carbocycles. The third kappa shape index (κ3) is 30.7. The van der Waals surface area contributed by atoms with Crippen LogP contribution in [0, 0.1) is 27.7 Å². The molecule has 0 radical (unpaired) electrons. The third-order valence-corrected chi connectivity index (χ3v) is 28.7. The van der Waals surface area contributed by atoms with Crippen molar-refractivity contribution in [3.05, 3.63) is 246 Å². The number of phosphoric acid groups is 4. The number of aryl methyl sites for hydroxylation is 4. The largest absolute Gasteiger partial charge is 1.00 e. The number of aliphatic hydroxyl groups excluding tert-OH is 4. The number of nitrogens with one attached hydrogen (secondary N) is 4. The minimum Gasteiger partial charge on any atom is -0.756 e.